The third-order valence-corrected chi connectivity index (χ3v) is 4.01. The van der Waals surface area contributed by atoms with Crippen molar-refractivity contribution in [2.45, 2.75) is 6.54 Å². The maximum atomic E-state index is 13.8. The molecular weight excluding hydrogens is 374 g/mol. The average molecular weight is 390 g/mol. The lowest BCUT2D eigenvalue weighted by molar-refractivity contribution is 0.0944. The molecule has 28 heavy (non-hydrogen) atoms. The number of aromatic nitrogens is 2. The number of pyridine rings is 2. The number of benzene rings is 1. The Labute approximate surface area is 157 Å². The Morgan fingerprint density at radius 3 is 2.75 bits per heavy atom. The molecule has 0 aliphatic carbocycles. The van der Waals surface area contributed by atoms with Crippen LogP contribution >= 0.6 is 0 Å². The third-order valence-electron chi connectivity index (χ3n) is 4.01. The second kappa shape index (κ2) is 8.01. The average Bonchev–Trinajstić information content (AvgIpc) is 2.68. The number of hydrogen-bond donors (Lipinski definition) is 4. The van der Waals surface area contributed by atoms with E-state index in [2.05, 4.69) is 15.6 Å². The smallest absolute Gasteiger partial charge is 0.299 e. The molecule has 1 amide bonds. The van der Waals surface area contributed by atoms with Crippen molar-refractivity contribution in [3.63, 3.8) is 0 Å². The van der Waals surface area contributed by atoms with Gasteiger partial charge in [0.25, 0.3) is 11.5 Å². The number of fused-ring (bicyclic) bond motifs is 1. The molecule has 0 aliphatic rings. The maximum absolute atomic E-state index is 13.8. The molecule has 0 atom stereocenters. The molecule has 4 N–H and O–H groups in total. The zero-order valence-electron chi connectivity index (χ0n) is 14.4. The summed E-state index contributed by atoms with van der Waals surface area (Å²) in [5, 5.41) is 24.6. The molecule has 10 heteroatoms. The molecule has 146 valence electrons. The monoisotopic (exact) mass is 390 g/mol. The number of anilines is 1. The van der Waals surface area contributed by atoms with Crippen LogP contribution in [0.15, 0.2) is 41.3 Å². The van der Waals surface area contributed by atoms with Gasteiger partial charge in [0.1, 0.15) is 17.2 Å². The van der Waals surface area contributed by atoms with E-state index in [1.807, 2.05) is 0 Å². The number of rotatable bonds is 6. The van der Waals surface area contributed by atoms with Gasteiger partial charge in [-0.2, -0.15) is 0 Å². The second-order valence-electron chi connectivity index (χ2n) is 5.81. The van der Waals surface area contributed by atoms with Crippen molar-refractivity contribution in [3.05, 3.63) is 69.6 Å². The van der Waals surface area contributed by atoms with E-state index in [-0.39, 0.29) is 46.7 Å². The molecule has 0 saturated heterocycles. The lowest BCUT2D eigenvalue weighted by Gasteiger charge is -2.15. The van der Waals surface area contributed by atoms with E-state index in [0.717, 1.165) is 6.07 Å². The van der Waals surface area contributed by atoms with E-state index >= 15 is 0 Å². The van der Waals surface area contributed by atoms with Crippen LogP contribution in [0.1, 0.15) is 15.9 Å². The molecule has 3 rings (SSSR count). The van der Waals surface area contributed by atoms with Crippen molar-refractivity contribution >= 4 is 22.6 Å². The summed E-state index contributed by atoms with van der Waals surface area (Å²) in [5.41, 5.74) is -1.45. The molecular formula is C18H16F2N4O4. The van der Waals surface area contributed by atoms with Crippen molar-refractivity contribution in [1.82, 2.24) is 15.0 Å². The topological polar surface area (TPSA) is 116 Å². The first kappa shape index (κ1) is 19.2. The molecule has 0 unspecified atom stereocenters. The molecule has 0 radical (unpaired) electrons. The van der Waals surface area contributed by atoms with E-state index in [9.17, 15) is 23.6 Å². The van der Waals surface area contributed by atoms with Gasteiger partial charge in [0.15, 0.2) is 5.65 Å². The maximum Gasteiger partial charge on any atom is 0.299 e. The summed E-state index contributed by atoms with van der Waals surface area (Å²) in [7, 11) is 0. The highest BCUT2D eigenvalue weighted by Crippen LogP contribution is 2.23. The summed E-state index contributed by atoms with van der Waals surface area (Å²) in [4.78, 5) is 29.1. The lowest BCUT2D eigenvalue weighted by Crippen LogP contribution is -2.34. The standard InChI is InChI=1S/C18H16F2N4O4/c19-11-4-3-10(13(20)8-11)9-23-17(26)14-15(21-6-7-25)12-2-1-5-22-16(12)24(28)18(14)27/h1-5,8,21,25,28H,6-7,9H2,(H,23,26). The molecule has 8 nitrogen and oxygen atoms in total. The van der Waals surface area contributed by atoms with E-state index in [1.165, 1.54) is 18.3 Å². The number of halogens is 2. The molecule has 0 aliphatic heterocycles. The fourth-order valence-corrected chi connectivity index (χ4v) is 2.71. The van der Waals surface area contributed by atoms with Gasteiger partial charge in [0.05, 0.1) is 12.3 Å². The van der Waals surface area contributed by atoms with Crippen LogP contribution in [-0.2, 0) is 6.54 Å². The Morgan fingerprint density at radius 1 is 1.25 bits per heavy atom. The van der Waals surface area contributed by atoms with Crippen LogP contribution in [0.2, 0.25) is 0 Å². The van der Waals surface area contributed by atoms with Gasteiger partial charge >= 0.3 is 0 Å². The van der Waals surface area contributed by atoms with Gasteiger partial charge in [-0.25, -0.2) is 13.8 Å². The molecule has 2 aromatic heterocycles. The quantitative estimate of drug-likeness (QED) is 0.471. The fourth-order valence-electron chi connectivity index (χ4n) is 2.71. The minimum absolute atomic E-state index is 0.0198. The van der Waals surface area contributed by atoms with Crippen LogP contribution in [0.4, 0.5) is 14.5 Å². The first-order valence-electron chi connectivity index (χ1n) is 8.24. The normalized spacial score (nSPS) is 10.8. The largest absolute Gasteiger partial charge is 0.423 e. The van der Waals surface area contributed by atoms with Crippen molar-refractivity contribution in [2.24, 2.45) is 0 Å². The van der Waals surface area contributed by atoms with E-state index in [1.54, 1.807) is 6.07 Å². The second-order valence-corrected chi connectivity index (χ2v) is 5.81. The lowest BCUT2D eigenvalue weighted by atomic mass is 10.1. The summed E-state index contributed by atoms with van der Waals surface area (Å²) >= 11 is 0. The Morgan fingerprint density at radius 2 is 2.04 bits per heavy atom. The number of carbonyl (C=O) groups excluding carboxylic acids is 1. The van der Waals surface area contributed by atoms with Gasteiger partial charge in [-0.1, -0.05) is 6.07 Å². The van der Waals surface area contributed by atoms with Crippen molar-refractivity contribution in [2.75, 3.05) is 18.5 Å². The molecule has 0 spiro atoms. The minimum Gasteiger partial charge on any atom is -0.423 e. The molecule has 0 saturated carbocycles. The zero-order valence-corrected chi connectivity index (χ0v) is 14.4. The predicted octanol–water partition coefficient (Wildman–Crippen LogP) is 1.25. The number of aliphatic hydroxyl groups is 1. The van der Waals surface area contributed by atoms with Gasteiger partial charge < -0.3 is 20.9 Å². The SMILES string of the molecule is O=C(NCc1ccc(F)cc1F)c1c(NCCO)c2cccnc2n(O)c1=O. The summed E-state index contributed by atoms with van der Waals surface area (Å²) in [5.74, 6) is -2.49. The zero-order chi connectivity index (χ0) is 20.3. The molecule has 1 aromatic carbocycles. The number of nitrogens with zero attached hydrogens (tertiary/aromatic N) is 2. The molecule has 0 bridgehead atoms. The summed E-state index contributed by atoms with van der Waals surface area (Å²) < 4.78 is 27.0. The first-order chi connectivity index (χ1) is 13.4. The number of carbonyl (C=O) groups is 1. The fraction of sp³-hybridized carbons (Fsp3) is 0.167. The Balaban J connectivity index is 2.01. The van der Waals surface area contributed by atoms with Crippen molar-refractivity contribution in [3.8, 4) is 0 Å². The van der Waals surface area contributed by atoms with Crippen molar-refractivity contribution < 1.29 is 23.9 Å². The summed E-state index contributed by atoms with van der Waals surface area (Å²) in [6.45, 7) is -0.544. The van der Waals surface area contributed by atoms with E-state index < -0.39 is 28.7 Å². The minimum atomic E-state index is -1.04. The highest BCUT2D eigenvalue weighted by atomic mass is 19.1. The molecule has 2 heterocycles. The number of aliphatic hydroxyl groups excluding tert-OH is 1. The Hall–Kier alpha value is -3.53. The van der Waals surface area contributed by atoms with Gasteiger partial charge in [0.2, 0.25) is 0 Å². The van der Waals surface area contributed by atoms with Gasteiger partial charge in [-0.15, -0.1) is 4.73 Å². The highest BCUT2D eigenvalue weighted by molar-refractivity contribution is 6.06. The van der Waals surface area contributed by atoms with Crippen LogP contribution in [0.25, 0.3) is 11.0 Å². The van der Waals surface area contributed by atoms with Gasteiger partial charge in [0, 0.05) is 36.3 Å². The predicted molar refractivity (Wildman–Crippen MR) is 96.3 cm³/mol. The van der Waals surface area contributed by atoms with Crippen LogP contribution in [0.5, 0.6) is 0 Å². The third kappa shape index (κ3) is 3.62. The van der Waals surface area contributed by atoms with Gasteiger partial charge in [-0.3, -0.25) is 9.59 Å². The molecule has 3 aromatic rings. The highest BCUT2D eigenvalue weighted by Gasteiger charge is 2.23. The van der Waals surface area contributed by atoms with Crippen LogP contribution in [0.3, 0.4) is 0 Å². The first-order valence-corrected chi connectivity index (χ1v) is 8.24. The summed E-state index contributed by atoms with van der Waals surface area (Å²) in [6, 6.07) is 5.97. The number of amides is 1. The van der Waals surface area contributed by atoms with Crippen LogP contribution in [-0.4, -0.2) is 39.1 Å². The number of nitrogens with one attached hydrogen (secondary N) is 2. The van der Waals surface area contributed by atoms with Crippen LogP contribution in [0, 0.1) is 11.6 Å². The van der Waals surface area contributed by atoms with Crippen LogP contribution < -0.4 is 16.2 Å². The van der Waals surface area contributed by atoms with Crippen molar-refractivity contribution in [1.29, 1.82) is 0 Å². The molecule has 0 fully saturated rings. The van der Waals surface area contributed by atoms with E-state index in [4.69, 9.17) is 5.11 Å². The summed E-state index contributed by atoms with van der Waals surface area (Å²) in [6.07, 6.45) is 1.36. The Kier molecular flexibility index (Phi) is 5.50. The number of hydrogen-bond acceptors (Lipinski definition) is 6. The Bertz CT molecular complexity index is 1100. The van der Waals surface area contributed by atoms with Gasteiger partial charge in [-0.05, 0) is 18.2 Å². The van der Waals surface area contributed by atoms with E-state index in [0.29, 0.717) is 6.07 Å².